The Morgan fingerprint density at radius 1 is 1.02 bits per heavy atom. The number of amides is 2. The number of carbonyl (C=O) groups is 3. The molecule has 2 aliphatic heterocycles. The summed E-state index contributed by atoms with van der Waals surface area (Å²) in [5.74, 6) is -0.592. The number of nitrogens with one attached hydrogen (secondary N) is 1. The molecule has 4 aromatic rings. The van der Waals surface area contributed by atoms with Crippen molar-refractivity contribution in [1.82, 2.24) is 19.6 Å². The molecule has 2 amide bonds. The van der Waals surface area contributed by atoms with Crippen LogP contribution in [0.15, 0.2) is 119 Å². The van der Waals surface area contributed by atoms with E-state index in [1.54, 1.807) is 27.0 Å². The topological polar surface area (TPSA) is 102 Å². The Kier molecular flexibility index (Phi) is 8.73. The van der Waals surface area contributed by atoms with Crippen LogP contribution >= 0.6 is 23.5 Å². The van der Waals surface area contributed by atoms with Gasteiger partial charge in [0, 0.05) is 18.1 Å². The second kappa shape index (κ2) is 12.9. The summed E-state index contributed by atoms with van der Waals surface area (Å²) >= 11 is 2.94. The van der Waals surface area contributed by atoms with Crippen molar-refractivity contribution in [2.75, 3.05) is 5.75 Å². The first kappa shape index (κ1) is 30.5. The van der Waals surface area contributed by atoms with Gasteiger partial charge in [-0.05, 0) is 61.1 Å². The minimum atomic E-state index is -0.828. The molecule has 1 N–H and O–H groups in total. The van der Waals surface area contributed by atoms with E-state index >= 15 is 0 Å². The van der Waals surface area contributed by atoms with Crippen LogP contribution in [0.2, 0.25) is 0 Å². The van der Waals surface area contributed by atoms with E-state index in [2.05, 4.69) is 10.3 Å². The van der Waals surface area contributed by atoms with E-state index in [-0.39, 0.29) is 5.70 Å². The van der Waals surface area contributed by atoms with Gasteiger partial charge >= 0.3 is 12.1 Å². The SMILES string of the molecule is CC(C)(C)OC(=O)N[C@@H]1C(=O)N2C(C(=O)OC(c3ccccc3)c3ccccc3)=C(/C=C/Sc3cccc4nccn34)CS[C@@H]12. The Morgan fingerprint density at radius 2 is 1.71 bits per heavy atom. The van der Waals surface area contributed by atoms with Gasteiger partial charge in [-0.3, -0.25) is 14.1 Å². The highest BCUT2D eigenvalue weighted by Crippen LogP contribution is 2.42. The third-order valence-electron chi connectivity index (χ3n) is 7.14. The van der Waals surface area contributed by atoms with Gasteiger partial charge in [0.25, 0.3) is 5.91 Å². The Morgan fingerprint density at radius 3 is 2.38 bits per heavy atom. The second-order valence-corrected chi connectivity index (χ2v) is 13.5. The number of pyridine rings is 1. The summed E-state index contributed by atoms with van der Waals surface area (Å²) in [6.45, 7) is 5.27. The van der Waals surface area contributed by atoms with Crippen molar-refractivity contribution >= 4 is 47.1 Å². The highest BCUT2D eigenvalue weighted by Gasteiger charge is 2.54. The average molecular weight is 641 g/mol. The summed E-state index contributed by atoms with van der Waals surface area (Å²) in [7, 11) is 0. The van der Waals surface area contributed by atoms with E-state index < -0.39 is 41.1 Å². The van der Waals surface area contributed by atoms with Crippen molar-refractivity contribution in [3.05, 3.63) is 125 Å². The zero-order chi connectivity index (χ0) is 31.6. The predicted octanol–water partition coefficient (Wildman–Crippen LogP) is 6.34. The molecule has 6 rings (SSSR count). The zero-order valence-electron chi connectivity index (χ0n) is 25.0. The second-order valence-electron chi connectivity index (χ2n) is 11.5. The Balaban J connectivity index is 1.31. The van der Waals surface area contributed by atoms with Crippen LogP contribution in [0, 0.1) is 0 Å². The lowest BCUT2D eigenvalue weighted by atomic mass is 10.0. The molecule has 2 aromatic carbocycles. The number of allylic oxidation sites excluding steroid dienone is 1. The fourth-order valence-electron chi connectivity index (χ4n) is 5.15. The van der Waals surface area contributed by atoms with Crippen LogP contribution in [0.1, 0.15) is 38.0 Å². The molecule has 0 saturated carbocycles. The number of rotatable bonds is 8. The van der Waals surface area contributed by atoms with Crippen molar-refractivity contribution in [2.24, 2.45) is 0 Å². The summed E-state index contributed by atoms with van der Waals surface area (Å²) < 4.78 is 13.6. The molecular weight excluding hydrogens is 609 g/mol. The fraction of sp³-hybridized carbons (Fsp3) is 0.235. The van der Waals surface area contributed by atoms with Crippen molar-refractivity contribution in [3.63, 3.8) is 0 Å². The molecular formula is C34H32N4O5S2. The van der Waals surface area contributed by atoms with Gasteiger partial charge in [0.05, 0.1) is 5.03 Å². The van der Waals surface area contributed by atoms with E-state index in [0.29, 0.717) is 11.3 Å². The number of hydrogen-bond donors (Lipinski definition) is 1. The maximum Gasteiger partial charge on any atom is 0.408 e. The van der Waals surface area contributed by atoms with Crippen molar-refractivity contribution in [3.8, 4) is 0 Å². The highest BCUT2D eigenvalue weighted by atomic mass is 32.2. The van der Waals surface area contributed by atoms with E-state index in [1.807, 2.05) is 101 Å². The molecule has 2 aromatic heterocycles. The van der Waals surface area contributed by atoms with Gasteiger partial charge < -0.3 is 14.8 Å². The number of nitrogens with zero attached hydrogens (tertiary/aromatic N) is 3. The molecule has 0 spiro atoms. The smallest absolute Gasteiger partial charge is 0.408 e. The van der Waals surface area contributed by atoms with Gasteiger partial charge in [0.1, 0.15) is 28.4 Å². The highest BCUT2D eigenvalue weighted by molar-refractivity contribution is 8.02. The summed E-state index contributed by atoms with van der Waals surface area (Å²) in [6.07, 6.45) is 4.11. The molecule has 0 radical (unpaired) electrons. The van der Waals surface area contributed by atoms with E-state index in [4.69, 9.17) is 9.47 Å². The molecule has 1 saturated heterocycles. The van der Waals surface area contributed by atoms with Crippen LogP contribution in [0.4, 0.5) is 4.79 Å². The lowest BCUT2D eigenvalue weighted by molar-refractivity contribution is -0.153. The minimum Gasteiger partial charge on any atom is -0.448 e. The van der Waals surface area contributed by atoms with E-state index in [0.717, 1.165) is 21.8 Å². The van der Waals surface area contributed by atoms with Crippen LogP contribution in [-0.2, 0) is 19.1 Å². The summed E-state index contributed by atoms with van der Waals surface area (Å²) in [6, 6.07) is 24.0. The summed E-state index contributed by atoms with van der Waals surface area (Å²) in [5, 5.41) is 5.05. The first-order valence-electron chi connectivity index (χ1n) is 14.4. The lowest BCUT2D eigenvalue weighted by Crippen LogP contribution is -2.70. The first-order chi connectivity index (χ1) is 21.7. The van der Waals surface area contributed by atoms with Gasteiger partial charge in [-0.2, -0.15) is 0 Å². The molecule has 9 nitrogen and oxygen atoms in total. The molecule has 45 heavy (non-hydrogen) atoms. The standard InChI is InChI=1S/C34H32N4O5S2/c1-34(2,3)43-33(41)36-27-30(39)38-28(32(40)42-29(22-11-6-4-7-12-22)23-13-8-5-9-14-23)24(21-45-31(27)38)17-20-44-26-16-10-15-25-35-18-19-37(25)26/h4-20,27,29,31H,21H2,1-3H3,(H,36,41)/b20-17+/t27-,31+/m1/s1. The maximum absolute atomic E-state index is 14.1. The maximum atomic E-state index is 14.1. The van der Waals surface area contributed by atoms with E-state index in [9.17, 15) is 14.4 Å². The monoisotopic (exact) mass is 640 g/mol. The number of carbonyl (C=O) groups excluding carboxylic acids is 3. The van der Waals surface area contributed by atoms with Gasteiger partial charge in [0.15, 0.2) is 6.10 Å². The Labute approximate surface area is 269 Å². The number of alkyl carbamates (subject to hydrolysis) is 1. The molecule has 0 aliphatic carbocycles. The average Bonchev–Trinajstić information content (AvgIpc) is 3.52. The molecule has 2 aliphatic rings. The quantitative estimate of drug-likeness (QED) is 0.135. The number of thioether (sulfide) groups is 2. The van der Waals surface area contributed by atoms with E-state index in [1.165, 1.54) is 28.4 Å². The number of imidazole rings is 1. The molecule has 0 unspecified atom stereocenters. The van der Waals surface area contributed by atoms with Gasteiger partial charge in [-0.15, -0.1) is 11.8 Å². The first-order valence-corrected chi connectivity index (χ1v) is 16.4. The Hall–Kier alpha value is -4.48. The summed E-state index contributed by atoms with van der Waals surface area (Å²) in [5.41, 5.74) is 2.54. The molecule has 11 heteroatoms. The normalized spacial score (nSPS) is 18.2. The van der Waals surface area contributed by atoms with Crippen molar-refractivity contribution in [1.29, 1.82) is 0 Å². The molecule has 4 heterocycles. The molecule has 1 fully saturated rings. The van der Waals surface area contributed by atoms with Gasteiger partial charge in [0.2, 0.25) is 0 Å². The van der Waals surface area contributed by atoms with Crippen LogP contribution < -0.4 is 5.32 Å². The number of esters is 1. The van der Waals surface area contributed by atoms with Crippen LogP contribution in [0.3, 0.4) is 0 Å². The molecule has 2 atom stereocenters. The number of ether oxygens (including phenoxy) is 2. The van der Waals surface area contributed by atoms with Crippen molar-refractivity contribution < 1.29 is 23.9 Å². The predicted molar refractivity (Wildman–Crippen MR) is 174 cm³/mol. The third kappa shape index (κ3) is 6.64. The number of benzene rings is 2. The van der Waals surface area contributed by atoms with Gasteiger partial charge in [-0.25, -0.2) is 14.6 Å². The zero-order valence-corrected chi connectivity index (χ0v) is 26.6. The Bertz CT molecular complexity index is 1740. The van der Waals surface area contributed by atoms with Crippen LogP contribution in [0.25, 0.3) is 5.65 Å². The number of fused-ring (bicyclic) bond motifs is 2. The van der Waals surface area contributed by atoms with Crippen LogP contribution in [0.5, 0.6) is 0 Å². The lowest BCUT2D eigenvalue weighted by Gasteiger charge is -2.49. The largest absolute Gasteiger partial charge is 0.448 e. The molecule has 230 valence electrons. The minimum absolute atomic E-state index is 0.167. The van der Waals surface area contributed by atoms with Gasteiger partial charge in [-0.1, -0.05) is 78.5 Å². The molecule has 0 bridgehead atoms. The van der Waals surface area contributed by atoms with Crippen LogP contribution in [-0.4, -0.2) is 55.0 Å². The van der Waals surface area contributed by atoms with Crippen molar-refractivity contribution in [2.45, 2.75) is 48.9 Å². The number of β-lactam (4-membered cyclic amide) rings is 1. The third-order valence-corrected chi connectivity index (χ3v) is 9.29. The number of aromatic nitrogens is 2. The summed E-state index contributed by atoms with van der Waals surface area (Å²) in [4.78, 5) is 46.0. The fourth-order valence-corrected chi connectivity index (χ4v) is 7.26. The number of hydrogen-bond acceptors (Lipinski definition) is 8.